The van der Waals surface area contributed by atoms with Crippen LogP contribution in [0.25, 0.3) is 0 Å². The first-order valence-electron chi connectivity index (χ1n) is 5.48. The van der Waals surface area contributed by atoms with E-state index in [1.807, 2.05) is 42.5 Å². The Morgan fingerprint density at radius 1 is 0.889 bits per heavy atom. The smallest absolute Gasteiger partial charge is 0.141 e. The fraction of sp³-hybridized carbons (Fsp3) is 0.143. The maximum Gasteiger partial charge on any atom is 0.141 e. The van der Waals surface area contributed by atoms with Crippen LogP contribution in [-0.4, -0.2) is 14.2 Å². The molecule has 3 nitrogen and oxygen atoms in total. The zero-order valence-corrected chi connectivity index (χ0v) is 11.2. The van der Waals surface area contributed by atoms with Crippen LogP contribution in [0, 0.1) is 0 Å². The van der Waals surface area contributed by atoms with Gasteiger partial charge >= 0.3 is 0 Å². The molecule has 0 heterocycles. The van der Waals surface area contributed by atoms with E-state index >= 15 is 0 Å². The van der Waals surface area contributed by atoms with Gasteiger partial charge in [0, 0.05) is 9.79 Å². The minimum Gasteiger partial charge on any atom is -0.497 e. The van der Waals surface area contributed by atoms with Gasteiger partial charge in [0.25, 0.3) is 0 Å². The van der Waals surface area contributed by atoms with E-state index in [-0.39, 0.29) is 0 Å². The van der Waals surface area contributed by atoms with E-state index < -0.39 is 0 Å². The van der Waals surface area contributed by atoms with E-state index in [1.54, 1.807) is 26.0 Å². The van der Waals surface area contributed by atoms with E-state index in [2.05, 4.69) is 0 Å². The van der Waals surface area contributed by atoms with Gasteiger partial charge < -0.3 is 15.2 Å². The van der Waals surface area contributed by atoms with Crippen LogP contribution < -0.4 is 15.2 Å². The molecule has 0 spiro atoms. The number of nitrogen functional groups attached to an aromatic ring is 1. The van der Waals surface area contributed by atoms with Crippen LogP contribution in [0.15, 0.2) is 52.3 Å². The Hall–Kier alpha value is -1.81. The van der Waals surface area contributed by atoms with Crippen molar-refractivity contribution < 1.29 is 9.47 Å². The lowest BCUT2D eigenvalue weighted by Crippen LogP contribution is -1.91. The number of methoxy groups -OCH3 is 2. The number of anilines is 1. The lowest BCUT2D eigenvalue weighted by molar-refractivity contribution is 0.414. The minimum atomic E-state index is 0.649. The Bertz CT molecular complexity index is 526. The van der Waals surface area contributed by atoms with Gasteiger partial charge in [-0.25, -0.2) is 0 Å². The highest BCUT2D eigenvalue weighted by atomic mass is 32.2. The molecule has 0 fully saturated rings. The van der Waals surface area contributed by atoms with Crippen LogP contribution in [-0.2, 0) is 0 Å². The second kappa shape index (κ2) is 5.69. The van der Waals surface area contributed by atoms with Crippen molar-refractivity contribution in [1.29, 1.82) is 0 Å². The summed E-state index contributed by atoms with van der Waals surface area (Å²) < 4.78 is 10.3. The lowest BCUT2D eigenvalue weighted by atomic mass is 10.3. The molecule has 0 bridgehead atoms. The predicted octanol–water partition coefficient (Wildman–Crippen LogP) is 3.44. The van der Waals surface area contributed by atoms with Crippen molar-refractivity contribution in [2.45, 2.75) is 9.79 Å². The summed E-state index contributed by atoms with van der Waals surface area (Å²) in [7, 11) is 3.27. The average Bonchev–Trinajstić information content (AvgIpc) is 2.40. The number of hydrogen-bond acceptors (Lipinski definition) is 4. The summed E-state index contributed by atoms with van der Waals surface area (Å²) in [4.78, 5) is 2.22. The molecule has 0 amide bonds. The van der Waals surface area contributed by atoms with Gasteiger partial charge in [-0.15, -0.1) is 0 Å². The highest BCUT2D eigenvalue weighted by Crippen LogP contribution is 2.33. The summed E-state index contributed by atoms with van der Waals surface area (Å²) in [6, 6.07) is 13.7. The number of rotatable bonds is 4. The highest BCUT2D eigenvalue weighted by Gasteiger charge is 2.02. The third kappa shape index (κ3) is 2.90. The summed E-state index contributed by atoms with van der Waals surface area (Å²) in [6.07, 6.45) is 0. The lowest BCUT2D eigenvalue weighted by Gasteiger charge is -2.07. The molecule has 0 atom stereocenters. The SMILES string of the molecule is COc1ccc(Sc2ccc(OC)c(N)c2)cc1. The normalized spacial score (nSPS) is 10.1. The molecule has 0 aliphatic rings. The summed E-state index contributed by atoms with van der Waals surface area (Å²) in [5, 5.41) is 0. The van der Waals surface area contributed by atoms with Crippen molar-refractivity contribution in [3.05, 3.63) is 42.5 Å². The summed E-state index contributed by atoms with van der Waals surface area (Å²) in [6.45, 7) is 0. The Balaban J connectivity index is 2.15. The fourth-order valence-corrected chi connectivity index (χ4v) is 2.42. The van der Waals surface area contributed by atoms with Gasteiger partial charge in [-0.3, -0.25) is 0 Å². The van der Waals surface area contributed by atoms with Crippen LogP contribution in [0.3, 0.4) is 0 Å². The second-order valence-corrected chi connectivity index (χ2v) is 4.83. The van der Waals surface area contributed by atoms with Crippen molar-refractivity contribution in [1.82, 2.24) is 0 Å². The molecule has 0 saturated heterocycles. The number of hydrogen-bond donors (Lipinski definition) is 1. The van der Waals surface area contributed by atoms with Crippen LogP contribution in [0.2, 0.25) is 0 Å². The maximum absolute atomic E-state index is 5.87. The van der Waals surface area contributed by atoms with Crippen molar-refractivity contribution in [3.8, 4) is 11.5 Å². The van der Waals surface area contributed by atoms with E-state index in [4.69, 9.17) is 15.2 Å². The zero-order valence-electron chi connectivity index (χ0n) is 10.3. The molecule has 4 heteroatoms. The molecule has 2 N–H and O–H groups in total. The molecule has 0 aromatic heterocycles. The average molecular weight is 261 g/mol. The predicted molar refractivity (Wildman–Crippen MR) is 74.5 cm³/mol. The standard InChI is InChI=1S/C14H15NO2S/c1-16-10-3-5-11(6-4-10)18-12-7-8-14(17-2)13(15)9-12/h3-9H,15H2,1-2H3. The first-order chi connectivity index (χ1) is 8.72. The van der Waals surface area contributed by atoms with Crippen LogP contribution in [0.4, 0.5) is 5.69 Å². The molecule has 0 aliphatic heterocycles. The molecule has 0 aliphatic carbocycles. The summed E-state index contributed by atoms with van der Waals surface area (Å²) in [5.41, 5.74) is 6.52. The van der Waals surface area contributed by atoms with Crippen LogP contribution in [0.1, 0.15) is 0 Å². The number of nitrogens with two attached hydrogens (primary N) is 1. The van der Waals surface area contributed by atoms with E-state index in [1.165, 1.54) is 0 Å². The second-order valence-electron chi connectivity index (χ2n) is 3.68. The quantitative estimate of drug-likeness (QED) is 0.856. The monoisotopic (exact) mass is 261 g/mol. The molecule has 18 heavy (non-hydrogen) atoms. The van der Waals surface area contributed by atoms with Crippen LogP contribution >= 0.6 is 11.8 Å². The van der Waals surface area contributed by atoms with Gasteiger partial charge in [-0.2, -0.15) is 0 Å². The van der Waals surface area contributed by atoms with Gasteiger partial charge in [0.2, 0.25) is 0 Å². The molecule has 0 saturated carbocycles. The molecule has 2 rings (SSSR count). The van der Waals surface area contributed by atoms with Gasteiger partial charge in [-0.1, -0.05) is 11.8 Å². The Labute approximate surface area is 111 Å². The van der Waals surface area contributed by atoms with Crippen molar-refractivity contribution in [3.63, 3.8) is 0 Å². The largest absolute Gasteiger partial charge is 0.497 e. The molecular weight excluding hydrogens is 246 g/mol. The molecule has 0 radical (unpaired) electrons. The summed E-state index contributed by atoms with van der Waals surface area (Å²) >= 11 is 1.65. The number of benzene rings is 2. The Kier molecular flexibility index (Phi) is 3.99. The summed E-state index contributed by atoms with van der Waals surface area (Å²) in [5.74, 6) is 1.56. The third-order valence-corrected chi connectivity index (χ3v) is 3.49. The zero-order chi connectivity index (χ0) is 13.0. The molecule has 94 valence electrons. The minimum absolute atomic E-state index is 0.649. The van der Waals surface area contributed by atoms with Gasteiger partial charge in [0.05, 0.1) is 19.9 Å². The molecule has 2 aromatic rings. The van der Waals surface area contributed by atoms with Gasteiger partial charge in [0.1, 0.15) is 11.5 Å². The van der Waals surface area contributed by atoms with Gasteiger partial charge in [0.15, 0.2) is 0 Å². The first-order valence-corrected chi connectivity index (χ1v) is 6.30. The van der Waals surface area contributed by atoms with Crippen molar-refractivity contribution >= 4 is 17.4 Å². The molecule has 2 aromatic carbocycles. The van der Waals surface area contributed by atoms with Crippen LogP contribution in [0.5, 0.6) is 11.5 Å². The van der Waals surface area contributed by atoms with Gasteiger partial charge in [-0.05, 0) is 42.5 Å². The van der Waals surface area contributed by atoms with Crippen molar-refractivity contribution in [2.24, 2.45) is 0 Å². The fourth-order valence-electron chi connectivity index (χ4n) is 1.56. The number of ether oxygens (including phenoxy) is 2. The van der Waals surface area contributed by atoms with E-state index in [0.29, 0.717) is 11.4 Å². The topological polar surface area (TPSA) is 44.5 Å². The maximum atomic E-state index is 5.87. The molecule has 0 unspecified atom stereocenters. The highest BCUT2D eigenvalue weighted by molar-refractivity contribution is 7.99. The molecular formula is C14H15NO2S. The van der Waals surface area contributed by atoms with E-state index in [0.717, 1.165) is 15.5 Å². The Morgan fingerprint density at radius 2 is 1.56 bits per heavy atom. The first kappa shape index (κ1) is 12.6. The van der Waals surface area contributed by atoms with Crippen molar-refractivity contribution in [2.75, 3.05) is 20.0 Å². The Morgan fingerprint density at radius 3 is 2.11 bits per heavy atom. The third-order valence-electron chi connectivity index (χ3n) is 2.50. The van der Waals surface area contributed by atoms with E-state index in [9.17, 15) is 0 Å².